The Balaban J connectivity index is 2.27. The number of carbonyl (C=O) groups excluding carboxylic acids is 3. The van der Waals surface area contributed by atoms with Gasteiger partial charge in [-0.25, -0.2) is 4.79 Å². The Morgan fingerprint density at radius 1 is 1.19 bits per heavy atom. The zero-order chi connectivity index (χ0) is 27.4. The summed E-state index contributed by atoms with van der Waals surface area (Å²) in [6.07, 6.45) is -0.967. The fourth-order valence-electron chi connectivity index (χ4n) is 4.14. The lowest BCUT2D eigenvalue weighted by atomic mass is 9.68. The highest BCUT2D eigenvalue weighted by atomic mass is 28.3. The molecule has 1 fully saturated rings. The van der Waals surface area contributed by atoms with Crippen LogP contribution in [0.5, 0.6) is 0 Å². The molecule has 0 spiro atoms. The molecular weight excluding hydrogens is 484 g/mol. The molecule has 1 aliphatic rings. The van der Waals surface area contributed by atoms with E-state index in [1.807, 2.05) is 33.9 Å². The van der Waals surface area contributed by atoms with Crippen molar-refractivity contribution in [2.45, 2.75) is 66.6 Å². The lowest BCUT2D eigenvalue weighted by Crippen LogP contribution is -2.70. The average molecular weight is 521 g/mol. The quantitative estimate of drug-likeness (QED) is 0.108. The van der Waals surface area contributed by atoms with E-state index in [1.54, 1.807) is 6.92 Å². The molecular formula is C25H36N2O8Si. The van der Waals surface area contributed by atoms with Crippen LogP contribution >= 0.6 is 0 Å². The Labute approximate surface area is 213 Å². The van der Waals surface area contributed by atoms with Crippen LogP contribution in [0.3, 0.4) is 0 Å². The van der Waals surface area contributed by atoms with Gasteiger partial charge in [-0.15, -0.1) is 0 Å². The number of hydrogen-bond acceptors (Lipinski definition) is 8. The first-order valence-electron chi connectivity index (χ1n) is 11.8. The smallest absolute Gasteiger partial charge is 0.333 e. The third-order valence-corrected chi connectivity index (χ3v) is 6.92. The van der Waals surface area contributed by atoms with Crippen molar-refractivity contribution < 1.29 is 33.2 Å². The SMILES string of the molecule is C=C(C)[C@H](C(=O)OCc1ccc([N+](=O)[O-])cc1)N1C(=O)C([C@@H](CO[SiH](C)C)C(C)(C)C)C1OC(C)=O. The molecule has 36 heavy (non-hydrogen) atoms. The predicted octanol–water partition coefficient (Wildman–Crippen LogP) is 3.59. The largest absolute Gasteiger partial charge is 0.459 e. The molecule has 2 unspecified atom stereocenters. The number of carbonyl (C=O) groups is 3. The Hall–Kier alpha value is -3.05. The summed E-state index contributed by atoms with van der Waals surface area (Å²) >= 11 is 0. The first kappa shape index (κ1) is 29.2. The maximum absolute atomic E-state index is 13.5. The van der Waals surface area contributed by atoms with Crippen molar-refractivity contribution in [3.05, 3.63) is 52.1 Å². The van der Waals surface area contributed by atoms with Crippen molar-refractivity contribution in [1.29, 1.82) is 0 Å². The van der Waals surface area contributed by atoms with Gasteiger partial charge in [0.2, 0.25) is 5.91 Å². The van der Waals surface area contributed by atoms with E-state index in [1.165, 1.54) is 36.1 Å². The van der Waals surface area contributed by atoms with E-state index in [4.69, 9.17) is 13.9 Å². The number of hydrogen-bond donors (Lipinski definition) is 0. The van der Waals surface area contributed by atoms with Gasteiger partial charge in [0, 0.05) is 31.6 Å². The highest BCUT2D eigenvalue weighted by Gasteiger charge is 2.59. The number of likely N-dealkylation sites (tertiary alicyclic amines) is 1. The van der Waals surface area contributed by atoms with Crippen molar-refractivity contribution >= 4 is 32.6 Å². The Kier molecular flexibility index (Phi) is 9.55. The number of nitro benzene ring substituents is 1. The summed E-state index contributed by atoms with van der Waals surface area (Å²) < 4.78 is 16.9. The van der Waals surface area contributed by atoms with E-state index in [0.29, 0.717) is 17.7 Å². The van der Waals surface area contributed by atoms with Crippen LogP contribution in [0, 0.1) is 27.4 Å². The minimum atomic E-state index is -1.37. The molecule has 1 heterocycles. The molecule has 0 N–H and O–H groups in total. The van der Waals surface area contributed by atoms with E-state index in [0.717, 1.165) is 0 Å². The molecule has 1 aliphatic heterocycles. The molecule has 1 aromatic rings. The first-order chi connectivity index (χ1) is 16.6. The van der Waals surface area contributed by atoms with Gasteiger partial charge in [-0.2, -0.15) is 0 Å². The number of amides is 1. The van der Waals surface area contributed by atoms with Crippen LogP contribution in [-0.4, -0.2) is 55.6 Å². The van der Waals surface area contributed by atoms with Gasteiger partial charge in [-0.05, 0) is 48.7 Å². The lowest BCUT2D eigenvalue weighted by molar-refractivity contribution is -0.384. The van der Waals surface area contributed by atoms with E-state index < -0.39 is 44.1 Å². The third kappa shape index (κ3) is 7.00. The van der Waals surface area contributed by atoms with Crippen LogP contribution < -0.4 is 0 Å². The first-order valence-corrected chi connectivity index (χ1v) is 14.6. The second-order valence-electron chi connectivity index (χ2n) is 10.4. The maximum atomic E-state index is 13.5. The van der Waals surface area contributed by atoms with Crippen LogP contribution in [0.25, 0.3) is 0 Å². The summed E-state index contributed by atoms with van der Waals surface area (Å²) in [6, 6.07) is 4.44. The van der Waals surface area contributed by atoms with Crippen molar-refractivity contribution in [3.8, 4) is 0 Å². The summed E-state index contributed by atoms with van der Waals surface area (Å²) in [7, 11) is -1.37. The van der Waals surface area contributed by atoms with Gasteiger partial charge in [0.1, 0.15) is 12.5 Å². The lowest BCUT2D eigenvalue weighted by Gasteiger charge is -2.53. The monoisotopic (exact) mass is 520 g/mol. The minimum absolute atomic E-state index is 0.0798. The van der Waals surface area contributed by atoms with Crippen LogP contribution in [0.2, 0.25) is 13.1 Å². The summed E-state index contributed by atoms with van der Waals surface area (Å²) in [5, 5.41) is 10.8. The number of benzene rings is 1. The van der Waals surface area contributed by atoms with Gasteiger partial charge in [0.15, 0.2) is 21.3 Å². The minimum Gasteiger partial charge on any atom is -0.459 e. The molecule has 0 aliphatic carbocycles. The van der Waals surface area contributed by atoms with Crippen LogP contribution in [0.4, 0.5) is 5.69 Å². The Morgan fingerprint density at radius 2 is 1.78 bits per heavy atom. The van der Waals surface area contributed by atoms with Gasteiger partial charge in [0.05, 0.1) is 4.92 Å². The summed E-state index contributed by atoms with van der Waals surface area (Å²) in [4.78, 5) is 50.1. The summed E-state index contributed by atoms with van der Waals surface area (Å²) in [5.74, 6) is -2.57. The Morgan fingerprint density at radius 3 is 2.22 bits per heavy atom. The van der Waals surface area contributed by atoms with E-state index in [9.17, 15) is 24.5 Å². The Bertz CT molecular complexity index is 1000. The summed E-state index contributed by atoms with van der Waals surface area (Å²) in [5.41, 5.74) is 0.486. The molecule has 11 heteroatoms. The average Bonchev–Trinajstić information content (AvgIpc) is 2.76. The number of esters is 2. The van der Waals surface area contributed by atoms with Gasteiger partial charge >= 0.3 is 11.9 Å². The fourth-order valence-corrected chi connectivity index (χ4v) is 4.74. The fraction of sp³-hybridized carbons (Fsp3) is 0.560. The zero-order valence-electron chi connectivity index (χ0n) is 22.0. The number of nitro groups is 1. The van der Waals surface area contributed by atoms with Crippen LogP contribution in [0.15, 0.2) is 36.4 Å². The van der Waals surface area contributed by atoms with E-state index in [-0.39, 0.29) is 29.5 Å². The predicted molar refractivity (Wildman–Crippen MR) is 135 cm³/mol. The zero-order valence-corrected chi connectivity index (χ0v) is 23.1. The normalized spacial score (nSPS) is 19.3. The van der Waals surface area contributed by atoms with Gasteiger partial charge in [-0.1, -0.05) is 27.4 Å². The second-order valence-corrected chi connectivity index (χ2v) is 12.8. The maximum Gasteiger partial charge on any atom is 0.333 e. The molecule has 4 atom stereocenters. The van der Waals surface area contributed by atoms with Gasteiger partial charge < -0.3 is 13.9 Å². The van der Waals surface area contributed by atoms with Crippen molar-refractivity contribution in [3.63, 3.8) is 0 Å². The number of ether oxygens (including phenoxy) is 2. The third-order valence-electron chi connectivity index (χ3n) is 6.06. The molecule has 1 saturated heterocycles. The van der Waals surface area contributed by atoms with E-state index >= 15 is 0 Å². The molecule has 1 amide bonds. The summed E-state index contributed by atoms with van der Waals surface area (Å²) in [6.45, 7) is 17.0. The molecule has 0 radical (unpaired) electrons. The molecule has 0 saturated carbocycles. The topological polar surface area (TPSA) is 125 Å². The molecule has 10 nitrogen and oxygen atoms in total. The van der Waals surface area contributed by atoms with Crippen LogP contribution in [0.1, 0.15) is 40.2 Å². The molecule has 2 rings (SSSR count). The molecule has 0 aromatic heterocycles. The van der Waals surface area contributed by atoms with Crippen LogP contribution in [-0.2, 0) is 34.9 Å². The standard InChI is InChI=1S/C25H36N2O8Si/c1-15(2)21(24(30)33-13-17-9-11-18(12-10-17)27(31)32)26-22(29)20(23(26)35-16(3)28)19(25(4,5)6)14-34-36(7)8/h9-12,19-21,23,36H,1,13-14H2,2-8H3/t19-,20?,21-,23?/m1/s1. The molecule has 198 valence electrons. The van der Waals surface area contributed by atoms with Crippen molar-refractivity contribution in [2.75, 3.05) is 6.61 Å². The number of non-ortho nitro benzene ring substituents is 1. The number of nitrogens with zero attached hydrogens (tertiary/aromatic N) is 2. The van der Waals surface area contributed by atoms with Gasteiger partial charge in [-0.3, -0.25) is 24.6 Å². The second kappa shape index (κ2) is 11.8. The highest BCUT2D eigenvalue weighted by molar-refractivity contribution is 6.48. The van der Waals surface area contributed by atoms with E-state index in [2.05, 4.69) is 6.58 Å². The van der Waals surface area contributed by atoms with Gasteiger partial charge in [0.25, 0.3) is 5.69 Å². The highest BCUT2D eigenvalue weighted by Crippen LogP contribution is 2.44. The number of rotatable bonds is 11. The van der Waals surface area contributed by atoms with Crippen molar-refractivity contribution in [2.24, 2.45) is 17.3 Å². The van der Waals surface area contributed by atoms with Crippen molar-refractivity contribution in [1.82, 2.24) is 4.90 Å². The molecule has 1 aromatic carbocycles. The number of β-lactam (4-membered cyclic amide) rings is 1. The molecule has 0 bridgehead atoms.